The van der Waals surface area contributed by atoms with Gasteiger partial charge in [-0.1, -0.05) is 45.0 Å². The first kappa shape index (κ1) is 32.5. The highest BCUT2D eigenvalue weighted by Crippen LogP contribution is 2.59. The third-order valence-corrected chi connectivity index (χ3v) is 8.50. The average Bonchev–Trinajstić information content (AvgIpc) is 3.12. The average molecular weight is 614 g/mol. The number of rotatable bonds is 9. The van der Waals surface area contributed by atoms with Crippen LogP contribution in [0, 0.1) is 5.41 Å². The van der Waals surface area contributed by atoms with Gasteiger partial charge in [0.1, 0.15) is 11.8 Å². The van der Waals surface area contributed by atoms with E-state index in [-0.39, 0.29) is 12.0 Å². The summed E-state index contributed by atoms with van der Waals surface area (Å²) in [4.78, 5) is 57.1. The Morgan fingerprint density at radius 3 is 2.32 bits per heavy atom. The molecule has 0 aromatic heterocycles. The Labute approximate surface area is 241 Å². The summed E-state index contributed by atoms with van der Waals surface area (Å²) in [6.07, 6.45) is 0.689. The van der Waals surface area contributed by atoms with Gasteiger partial charge in [0.2, 0.25) is 11.8 Å². The summed E-state index contributed by atoms with van der Waals surface area (Å²) < 4.78 is 45.1. The maximum atomic E-state index is 14.1. The number of carbonyl (C=O) groups excluding carboxylic acids is 3. The number of fused-ring (bicyclic) bond motifs is 1. The Balaban J connectivity index is 1.87. The summed E-state index contributed by atoms with van der Waals surface area (Å²) in [5.74, 6) is -0.490. The van der Waals surface area contributed by atoms with Crippen LogP contribution in [-0.4, -0.2) is 45.9 Å². The summed E-state index contributed by atoms with van der Waals surface area (Å²) in [5.41, 5.74) is 0.652. The molecule has 0 radical (unpaired) electrons. The molecule has 6 N–H and O–H groups in total. The number of ether oxygens (including phenoxy) is 1. The zero-order valence-electron chi connectivity index (χ0n) is 23.1. The highest BCUT2D eigenvalue weighted by molar-refractivity contribution is 7.99. The van der Waals surface area contributed by atoms with Gasteiger partial charge in [-0.3, -0.25) is 18.9 Å². The molecule has 1 aliphatic heterocycles. The van der Waals surface area contributed by atoms with Crippen molar-refractivity contribution in [2.75, 3.05) is 12.4 Å². The number of nitrogens with two attached hydrogens (primary N) is 1. The fourth-order valence-electron chi connectivity index (χ4n) is 3.95. The van der Waals surface area contributed by atoms with Crippen molar-refractivity contribution in [1.82, 2.24) is 10.6 Å². The number of halogens is 2. The van der Waals surface area contributed by atoms with Crippen molar-refractivity contribution in [1.29, 1.82) is 0 Å². The molecule has 2 aromatic carbocycles. The van der Waals surface area contributed by atoms with Crippen molar-refractivity contribution < 1.29 is 42.3 Å². The number of primary amides is 1. The molecular formula is C27H34F2N3O7PS. The van der Waals surface area contributed by atoms with E-state index in [1.807, 2.05) is 6.07 Å². The standard InChI is InChI=1S/C27H34F2N3O7PS/c1-15(17-13-19(23(30)33)22-21(14-17)41-11-5-10-39-22)31-24(34)20(32-25(35)26(2,3)4)12-16-6-8-18(9-7-16)27(28,29)40(36,37)38/h6-9,13-15,20H,5,10-12H2,1-4H3,(H2,30,33)(H,31,34)(H,32,35)(H2,36,37,38)/t15-,20-/m0/s1. The van der Waals surface area contributed by atoms with Crippen molar-refractivity contribution in [3.8, 4) is 5.75 Å². The lowest BCUT2D eigenvalue weighted by atomic mass is 9.94. The van der Waals surface area contributed by atoms with E-state index < -0.39 is 54.0 Å². The van der Waals surface area contributed by atoms with Gasteiger partial charge in [-0.25, -0.2) is 0 Å². The molecular weight excluding hydrogens is 579 g/mol. The van der Waals surface area contributed by atoms with E-state index in [9.17, 15) is 27.7 Å². The topological polar surface area (TPSA) is 168 Å². The molecule has 0 unspecified atom stereocenters. The van der Waals surface area contributed by atoms with E-state index in [1.54, 1.807) is 33.8 Å². The molecule has 0 saturated carbocycles. The zero-order valence-corrected chi connectivity index (χ0v) is 24.8. The monoisotopic (exact) mass is 613 g/mol. The first-order chi connectivity index (χ1) is 18.9. The minimum Gasteiger partial charge on any atom is -0.492 e. The highest BCUT2D eigenvalue weighted by Gasteiger charge is 2.50. The van der Waals surface area contributed by atoms with E-state index in [1.165, 1.54) is 23.9 Å². The Morgan fingerprint density at radius 1 is 1.12 bits per heavy atom. The predicted octanol–water partition coefficient (Wildman–Crippen LogP) is 3.84. The third kappa shape index (κ3) is 7.85. The Morgan fingerprint density at radius 2 is 1.76 bits per heavy atom. The van der Waals surface area contributed by atoms with Crippen LogP contribution in [-0.2, 0) is 26.2 Å². The van der Waals surface area contributed by atoms with Crippen molar-refractivity contribution in [3.05, 3.63) is 58.7 Å². The van der Waals surface area contributed by atoms with Crippen LogP contribution < -0.4 is 21.1 Å². The smallest absolute Gasteiger partial charge is 0.399 e. The number of thioether (sulfide) groups is 1. The number of hydrogen-bond acceptors (Lipinski definition) is 6. The number of benzene rings is 2. The first-order valence-corrected chi connectivity index (χ1v) is 15.4. The Bertz CT molecular complexity index is 1360. The number of nitrogens with one attached hydrogen (secondary N) is 2. The minimum absolute atomic E-state index is 0.0947. The van der Waals surface area contributed by atoms with E-state index in [2.05, 4.69) is 10.6 Å². The van der Waals surface area contributed by atoms with Crippen LogP contribution in [0.5, 0.6) is 5.75 Å². The minimum atomic E-state index is -5.74. The molecule has 2 atom stereocenters. The Hall–Kier alpha value is -2.99. The van der Waals surface area contributed by atoms with Gasteiger partial charge in [0.15, 0.2) is 0 Å². The summed E-state index contributed by atoms with van der Waals surface area (Å²) in [7, 11) is -5.74. The van der Waals surface area contributed by atoms with E-state index in [0.717, 1.165) is 29.2 Å². The number of amides is 3. The van der Waals surface area contributed by atoms with Crippen molar-refractivity contribution in [2.24, 2.45) is 11.1 Å². The molecule has 0 spiro atoms. The maximum absolute atomic E-state index is 14.1. The van der Waals surface area contributed by atoms with Gasteiger partial charge in [0.25, 0.3) is 5.91 Å². The largest absolute Gasteiger partial charge is 0.492 e. The van der Waals surface area contributed by atoms with Gasteiger partial charge in [0.05, 0.1) is 23.1 Å². The van der Waals surface area contributed by atoms with Gasteiger partial charge in [-0.2, -0.15) is 8.78 Å². The lowest BCUT2D eigenvalue weighted by molar-refractivity contribution is -0.133. The van der Waals surface area contributed by atoms with Crippen molar-refractivity contribution in [2.45, 2.75) is 63.2 Å². The summed E-state index contributed by atoms with van der Waals surface area (Å²) in [6.45, 7) is 7.15. The molecule has 3 amide bonds. The molecule has 3 rings (SSSR count). The van der Waals surface area contributed by atoms with Crippen LogP contribution in [0.3, 0.4) is 0 Å². The fourth-order valence-corrected chi connectivity index (χ4v) is 5.44. The molecule has 2 aromatic rings. The van der Waals surface area contributed by atoms with Crippen LogP contribution in [0.4, 0.5) is 8.78 Å². The number of hydrogen-bond donors (Lipinski definition) is 5. The van der Waals surface area contributed by atoms with E-state index in [4.69, 9.17) is 20.3 Å². The molecule has 0 saturated heterocycles. The maximum Gasteiger partial charge on any atom is 0.399 e. The molecule has 10 nitrogen and oxygen atoms in total. The van der Waals surface area contributed by atoms with E-state index >= 15 is 0 Å². The first-order valence-electron chi connectivity index (χ1n) is 12.8. The fraction of sp³-hybridized carbons (Fsp3) is 0.444. The van der Waals surface area contributed by atoms with Crippen LogP contribution in [0.2, 0.25) is 0 Å². The lowest BCUT2D eigenvalue weighted by Gasteiger charge is -2.26. The van der Waals surface area contributed by atoms with Gasteiger partial charge >= 0.3 is 13.3 Å². The molecule has 0 bridgehead atoms. The second kappa shape index (κ2) is 12.5. The van der Waals surface area contributed by atoms with Crippen LogP contribution in [0.1, 0.15) is 67.2 Å². The third-order valence-electron chi connectivity index (χ3n) is 6.40. The van der Waals surface area contributed by atoms with Crippen molar-refractivity contribution >= 4 is 37.1 Å². The van der Waals surface area contributed by atoms with Gasteiger partial charge in [0, 0.05) is 23.2 Å². The van der Waals surface area contributed by atoms with Crippen molar-refractivity contribution in [3.63, 3.8) is 0 Å². The SMILES string of the molecule is C[C@H](NC(=O)[C@H](Cc1ccc(C(F)(F)P(=O)(O)O)cc1)NC(=O)C(C)(C)C)c1cc2c(c(C(N)=O)c1)OCCCS2. The predicted molar refractivity (Wildman–Crippen MR) is 150 cm³/mol. The van der Waals surface area contributed by atoms with E-state index in [0.29, 0.717) is 23.5 Å². The molecule has 41 heavy (non-hydrogen) atoms. The Kier molecular flexibility index (Phi) is 9.90. The molecule has 1 aliphatic rings. The second-order valence-corrected chi connectivity index (χ2v) is 13.6. The second-order valence-electron chi connectivity index (χ2n) is 10.8. The molecule has 0 fully saturated rings. The summed E-state index contributed by atoms with van der Waals surface area (Å²) in [5, 5.41) is 5.54. The van der Waals surface area contributed by atoms with Crippen LogP contribution >= 0.6 is 19.4 Å². The molecule has 1 heterocycles. The zero-order chi connectivity index (χ0) is 30.8. The van der Waals surface area contributed by atoms with Gasteiger partial charge < -0.3 is 30.9 Å². The molecule has 14 heteroatoms. The number of alkyl halides is 2. The van der Waals surface area contributed by atoms with Crippen LogP contribution in [0.15, 0.2) is 41.3 Å². The summed E-state index contributed by atoms with van der Waals surface area (Å²) >= 11 is 1.51. The van der Waals surface area contributed by atoms with Gasteiger partial charge in [-0.05, 0) is 36.6 Å². The lowest BCUT2D eigenvalue weighted by Crippen LogP contribution is -2.51. The highest BCUT2D eigenvalue weighted by atomic mass is 32.2. The number of carbonyl (C=O) groups is 3. The quantitative estimate of drug-likeness (QED) is 0.266. The normalized spacial score (nSPS) is 15.5. The molecule has 0 aliphatic carbocycles. The summed E-state index contributed by atoms with van der Waals surface area (Å²) in [6, 6.07) is 5.81. The molecule has 224 valence electrons. The van der Waals surface area contributed by atoms with Gasteiger partial charge in [-0.15, -0.1) is 11.8 Å². The van der Waals surface area contributed by atoms with Crippen LogP contribution in [0.25, 0.3) is 0 Å².